The molecule has 0 unspecified atom stereocenters. The highest BCUT2D eigenvalue weighted by molar-refractivity contribution is 5.96. The maximum absolute atomic E-state index is 12.3. The van der Waals surface area contributed by atoms with Crippen molar-refractivity contribution < 1.29 is 23.7 Å². The van der Waals surface area contributed by atoms with E-state index in [-0.39, 0.29) is 11.4 Å². The molecular formula is C21H15N3O6. The van der Waals surface area contributed by atoms with Gasteiger partial charge in [0.1, 0.15) is 5.76 Å². The Morgan fingerprint density at radius 1 is 1.17 bits per heavy atom. The fraction of sp³-hybridized carbons (Fsp3) is 0.0952. The molecule has 1 heterocycles. The third-order valence-electron chi connectivity index (χ3n) is 4.08. The first kappa shape index (κ1) is 20.3. The van der Waals surface area contributed by atoms with Gasteiger partial charge >= 0.3 is 5.97 Å². The van der Waals surface area contributed by atoms with Crippen molar-refractivity contribution >= 4 is 23.3 Å². The smallest absolute Gasteiger partial charge is 0.375 e. The minimum atomic E-state index is -1.11. The number of esters is 1. The van der Waals surface area contributed by atoms with E-state index in [2.05, 4.69) is 5.32 Å². The standard InChI is InChI=1S/C21H15N3O6/c1-13(20(25)23-16-4-2-3-14(11-16)12-22)29-21(26)19-10-9-18(30-19)15-5-7-17(8-6-15)24(27)28/h2-11,13H,1H3,(H,23,25)/t13-/m0/s1. The number of nitrogens with zero attached hydrogens (tertiary/aromatic N) is 2. The average molecular weight is 405 g/mol. The van der Waals surface area contributed by atoms with Gasteiger partial charge in [0.15, 0.2) is 6.10 Å². The van der Waals surface area contributed by atoms with Crippen LogP contribution in [0.4, 0.5) is 11.4 Å². The first-order valence-electron chi connectivity index (χ1n) is 8.74. The highest BCUT2D eigenvalue weighted by Crippen LogP contribution is 2.25. The second-order valence-electron chi connectivity index (χ2n) is 6.20. The summed E-state index contributed by atoms with van der Waals surface area (Å²) in [6.45, 7) is 1.40. The van der Waals surface area contributed by atoms with Crippen LogP contribution in [0.5, 0.6) is 0 Å². The molecule has 9 nitrogen and oxygen atoms in total. The lowest BCUT2D eigenvalue weighted by molar-refractivity contribution is -0.384. The van der Waals surface area contributed by atoms with Crippen molar-refractivity contribution in [3.63, 3.8) is 0 Å². The number of ether oxygens (including phenoxy) is 1. The van der Waals surface area contributed by atoms with Crippen molar-refractivity contribution in [3.05, 3.63) is 82.1 Å². The zero-order valence-electron chi connectivity index (χ0n) is 15.7. The van der Waals surface area contributed by atoms with Crippen LogP contribution in [0.1, 0.15) is 23.0 Å². The van der Waals surface area contributed by atoms with Crippen LogP contribution in [0.15, 0.2) is 65.1 Å². The first-order valence-corrected chi connectivity index (χ1v) is 8.74. The lowest BCUT2D eigenvalue weighted by atomic mass is 10.1. The largest absolute Gasteiger partial charge is 0.449 e. The number of benzene rings is 2. The molecule has 30 heavy (non-hydrogen) atoms. The Hall–Kier alpha value is -4.45. The van der Waals surface area contributed by atoms with Crippen molar-refractivity contribution in [1.82, 2.24) is 0 Å². The lowest BCUT2D eigenvalue weighted by Gasteiger charge is -2.12. The zero-order chi connectivity index (χ0) is 21.7. The molecule has 0 fully saturated rings. The number of anilines is 1. The first-order chi connectivity index (χ1) is 14.4. The third kappa shape index (κ3) is 4.69. The fourth-order valence-corrected chi connectivity index (χ4v) is 2.53. The maximum atomic E-state index is 12.3. The SMILES string of the molecule is C[C@H](OC(=O)c1ccc(-c2ccc([N+](=O)[O-])cc2)o1)C(=O)Nc1cccc(C#N)c1. The Kier molecular flexibility index (Phi) is 5.89. The third-order valence-corrected chi connectivity index (χ3v) is 4.08. The van der Waals surface area contributed by atoms with Crippen LogP contribution in [-0.2, 0) is 9.53 Å². The van der Waals surface area contributed by atoms with Gasteiger partial charge in [-0.1, -0.05) is 6.07 Å². The van der Waals surface area contributed by atoms with Gasteiger partial charge in [0.2, 0.25) is 5.76 Å². The minimum absolute atomic E-state index is 0.0647. The summed E-state index contributed by atoms with van der Waals surface area (Å²) in [4.78, 5) is 34.7. The summed E-state index contributed by atoms with van der Waals surface area (Å²) in [5.74, 6) is -1.20. The number of furan rings is 1. The Labute approximate surface area is 170 Å². The van der Waals surface area contributed by atoms with E-state index >= 15 is 0 Å². The quantitative estimate of drug-likeness (QED) is 0.373. The Morgan fingerprint density at radius 2 is 1.90 bits per heavy atom. The molecule has 3 aromatic rings. The Morgan fingerprint density at radius 3 is 2.57 bits per heavy atom. The van der Waals surface area contributed by atoms with E-state index < -0.39 is 22.9 Å². The van der Waals surface area contributed by atoms with Crippen LogP contribution < -0.4 is 5.32 Å². The van der Waals surface area contributed by atoms with Crippen molar-refractivity contribution in [2.24, 2.45) is 0 Å². The predicted molar refractivity (Wildman–Crippen MR) is 105 cm³/mol. The molecule has 3 rings (SSSR count). The fourth-order valence-electron chi connectivity index (χ4n) is 2.53. The lowest BCUT2D eigenvalue weighted by Crippen LogP contribution is -2.29. The summed E-state index contributed by atoms with van der Waals surface area (Å²) in [6, 6.07) is 16.8. The van der Waals surface area contributed by atoms with E-state index in [1.54, 1.807) is 18.2 Å². The molecular weight excluding hydrogens is 390 g/mol. The number of amides is 1. The van der Waals surface area contributed by atoms with Crippen LogP contribution in [-0.4, -0.2) is 22.9 Å². The Bertz CT molecular complexity index is 1140. The molecule has 2 aromatic carbocycles. The van der Waals surface area contributed by atoms with E-state index in [4.69, 9.17) is 14.4 Å². The number of carbonyl (C=O) groups excluding carboxylic acids is 2. The van der Waals surface area contributed by atoms with Crippen LogP contribution in [0, 0.1) is 21.4 Å². The number of carbonyl (C=O) groups is 2. The van der Waals surface area contributed by atoms with E-state index in [9.17, 15) is 19.7 Å². The monoisotopic (exact) mass is 405 g/mol. The molecule has 1 N–H and O–H groups in total. The predicted octanol–water partition coefficient (Wildman–Crippen LogP) is 3.91. The van der Waals surface area contributed by atoms with Gasteiger partial charge in [0.25, 0.3) is 11.6 Å². The van der Waals surface area contributed by atoms with Crippen molar-refractivity contribution in [2.45, 2.75) is 13.0 Å². The van der Waals surface area contributed by atoms with Crippen molar-refractivity contribution in [3.8, 4) is 17.4 Å². The van der Waals surface area contributed by atoms with Crippen molar-refractivity contribution in [2.75, 3.05) is 5.32 Å². The molecule has 0 aliphatic rings. The molecule has 1 aromatic heterocycles. The number of hydrogen-bond donors (Lipinski definition) is 1. The molecule has 0 aliphatic heterocycles. The molecule has 0 saturated carbocycles. The molecule has 0 radical (unpaired) electrons. The zero-order valence-corrected chi connectivity index (χ0v) is 15.7. The summed E-state index contributed by atoms with van der Waals surface area (Å²) in [5, 5.41) is 22.2. The number of hydrogen-bond acceptors (Lipinski definition) is 7. The van der Waals surface area contributed by atoms with Gasteiger partial charge in [-0.2, -0.15) is 5.26 Å². The Balaban J connectivity index is 1.63. The second kappa shape index (κ2) is 8.70. The van der Waals surface area contributed by atoms with E-state index in [0.717, 1.165) is 0 Å². The van der Waals surface area contributed by atoms with Gasteiger partial charge in [-0.25, -0.2) is 4.79 Å². The van der Waals surface area contributed by atoms with Gasteiger partial charge in [-0.3, -0.25) is 14.9 Å². The number of nitro benzene ring substituents is 1. The highest BCUT2D eigenvalue weighted by atomic mass is 16.6. The van der Waals surface area contributed by atoms with E-state index in [1.807, 2.05) is 6.07 Å². The molecule has 9 heteroatoms. The van der Waals surface area contributed by atoms with Gasteiger partial charge in [-0.15, -0.1) is 0 Å². The van der Waals surface area contributed by atoms with Gasteiger partial charge in [0, 0.05) is 23.4 Å². The van der Waals surface area contributed by atoms with Crippen LogP contribution in [0.3, 0.4) is 0 Å². The average Bonchev–Trinajstić information content (AvgIpc) is 3.24. The number of nitriles is 1. The highest BCUT2D eigenvalue weighted by Gasteiger charge is 2.22. The van der Waals surface area contributed by atoms with E-state index in [1.165, 1.54) is 49.4 Å². The molecule has 0 aliphatic carbocycles. The number of nitrogens with one attached hydrogen (secondary N) is 1. The summed E-state index contributed by atoms with van der Waals surface area (Å²) < 4.78 is 10.6. The summed E-state index contributed by atoms with van der Waals surface area (Å²) in [5.41, 5.74) is 1.26. The maximum Gasteiger partial charge on any atom is 0.375 e. The summed E-state index contributed by atoms with van der Waals surface area (Å²) in [7, 11) is 0. The van der Waals surface area contributed by atoms with E-state index in [0.29, 0.717) is 22.6 Å². The second-order valence-corrected chi connectivity index (χ2v) is 6.20. The summed E-state index contributed by atoms with van der Waals surface area (Å²) >= 11 is 0. The number of rotatable bonds is 6. The molecule has 1 amide bonds. The van der Waals surface area contributed by atoms with Crippen LogP contribution in [0.2, 0.25) is 0 Å². The van der Waals surface area contributed by atoms with Gasteiger partial charge < -0.3 is 14.5 Å². The number of non-ortho nitro benzene ring substituents is 1. The van der Waals surface area contributed by atoms with Gasteiger partial charge in [0.05, 0.1) is 16.6 Å². The van der Waals surface area contributed by atoms with Gasteiger partial charge in [-0.05, 0) is 49.4 Å². The molecule has 0 bridgehead atoms. The molecule has 0 saturated heterocycles. The number of nitro groups is 1. The topological polar surface area (TPSA) is 135 Å². The molecule has 150 valence electrons. The molecule has 0 spiro atoms. The molecule has 1 atom stereocenters. The minimum Gasteiger partial charge on any atom is -0.449 e. The normalized spacial score (nSPS) is 11.2. The van der Waals surface area contributed by atoms with Crippen LogP contribution >= 0.6 is 0 Å². The summed E-state index contributed by atoms with van der Waals surface area (Å²) in [6.07, 6.45) is -1.11. The van der Waals surface area contributed by atoms with Crippen molar-refractivity contribution in [1.29, 1.82) is 5.26 Å². The van der Waals surface area contributed by atoms with Crippen LogP contribution in [0.25, 0.3) is 11.3 Å².